The number of aromatic nitrogens is 1. The second kappa shape index (κ2) is 10.7. The molecule has 0 N–H and O–H groups in total. The number of methoxy groups -OCH3 is 3. The summed E-state index contributed by atoms with van der Waals surface area (Å²) < 4.78 is 31.7. The highest BCUT2D eigenvalue weighted by Crippen LogP contribution is 2.34. The van der Waals surface area contributed by atoms with Gasteiger partial charge in [-0.3, -0.25) is 4.99 Å². The van der Waals surface area contributed by atoms with Crippen molar-refractivity contribution in [1.82, 2.24) is 4.68 Å². The number of halogens is 1. The van der Waals surface area contributed by atoms with E-state index in [0.29, 0.717) is 23.3 Å². The van der Waals surface area contributed by atoms with E-state index in [1.165, 1.54) is 31.4 Å². The average molecular weight is 470 g/mol. The zero-order valence-electron chi connectivity index (χ0n) is 19.1. The van der Waals surface area contributed by atoms with Crippen LogP contribution in [-0.4, -0.2) is 38.3 Å². The van der Waals surface area contributed by atoms with Gasteiger partial charge in [0, 0.05) is 22.6 Å². The maximum Gasteiger partial charge on any atom is 0.206 e. The first-order valence-electron chi connectivity index (χ1n) is 11.0. The van der Waals surface area contributed by atoms with Crippen LogP contribution in [-0.2, 0) is 0 Å². The number of benzene rings is 2. The maximum absolute atomic E-state index is 13.5. The number of thiazole rings is 1. The van der Waals surface area contributed by atoms with Gasteiger partial charge >= 0.3 is 0 Å². The zero-order valence-corrected chi connectivity index (χ0v) is 19.9. The van der Waals surface area contributed by atoms with E-state index in [-0.39, 0.29) is 5.82 Å². The highest BCUT2D eigenvalue weighted by atomic mass is 32.1. The van der Waals surface area contributed by atoms with Gasteiger partial charge in [0.2, 0.25) is 4.80 Å². The first-order chi connectivity index (χ1) is 16.1. The van der Waals surface area contributed by atoms with Gasteiger partial charge in [0.25, 0.3) is 0 Å². The summed E-state index contributed by atoms with van der Waals surface area (Å²) in [6, 6.07) is 10.3. The van der Waals surface area contributed by atoms with E-state index in [2.05, 4.69) is 0 Å². The second-order valence-electron chi connectivity index (χ2n) is 7.84. The van der Waals surface area contributed by atoms with Gasteiger partial charge in [0.1, 0.15) is 11.6 Å². The summed E-state index contributed by atoms with van der Waals surface area (Å²) in [6.07, 6.45) is 7.59. The van der Waals surface area contributed by atoms with Crippen molar-refractivity contribution in [1.29, 1.82) is 0 Å². The Kier molecular flexibility index (Phi) is 7.44. The van der Waals surface area contributed by atoms with Gasteiger partial charge in [-0.1, -0.05) is 19.3 Å². The molecule has 0 atom stereocenters. The van der Waals surface area contributed by atoms with Crippen molar-refractivity contribution in [2.75, 3.05) is 21.3 Å². The molecule has 1 heterocycles. The van der Waals surface area contributed by atoms with Crippen molar-refractivity contribution in [2.45, 2.75) is 38.1 Å². The van der Waals surface area contributed by atoms with Gasteiger partial charge in [0.15, 0.2) is 11.5 Å². The molecule has 1 aliphatic rings. The number of nitrogens with zero attached hydrogens (tertiary/aromatic N) is 3. The Bertz CT molecular complexity index is 1180. The number of ether oxygens (including phenoxy) is 3. The summed E-state index contributed by atoms with van der Waals surface area (Å²) in [5.74, 6) is 1.50. The lowest BCUT2D eigenvalue weighted by molar-refractivity contribution is 0.349. The van der Waals surface area contributed by atoms with Crippen molar-refractivity contribution in [2.24, 2.45) is 10.1 Å². The highest BCUT2D eigenvalue weighted by Gasteiger charge is 2.15. The normalized spacial score (nSPS) is 15.2. The van der Waals surface area contributed by atoms with Crippen LogP contribution in [0.4, 0.5) is 4.39 Å². The molecule has 0 spiro atoms. The molecular formula is C25H28FN3O3S. The Morgan fingerprint density at radius 3 is 2.27 bits per heavy atom. The predicted molar refractivity (Wildman–Crippen MR) is 129 cm³/mol. The van der Waals surface area contributed by atoms with Crippen LogP contribution in [0.15, 0.2) is 51.9 Å². The van der Waals surface area contributed by atoms with Crippen molar-refractivity contribution < 1.29 is 18.6 Å². The average Bonchev–Trinajstić information content (AvgIpc) is 3.25. The molecule has 0 radical (unpaired) electrons. The molecule has 8 heteroatoms. The third-order valence-corrected chi connectivity index (χ3v) is 6.57. The summed E-state index contributed by atoms with van der Waals surface area (Å²) in [7, 11) is 4.77. The van der Waals surface area contributed by atoms with Crippen LogP contribution in [0.5, 0.6) is 17.2 Å². The van der Waals surface area contributed by atoms with E-state index in [9.17, 15) is 4.39 Å². The Hall–Kier alpha value is -3.13. The Balaban J connectivity index is 1.80. The van der Waals surface area contributed by atoms with Gasteiger partial charge < -0.3 is 14.2 Å². The predicted octanol–water partition coefficient (Wildman–Crippen LogP) is 5.50. The maximum atomic E-state index is 13.5. The largest absolute Gasteiger partial charge is 0.496 e. The van der Waals surface area contributed by atoms with E-state index in [1.807, 2.05) is 16.1 Å². The van der Waals surface area contributed by atoms with E-state index in [1.54, 1.807) is 57.1 Å². The standard InChI is InChI=1S/C25H28FN3O3S/c1-30-22-14-24(32-3)23(31-2)13-18(22)15-27-29-21(17-9-11-19(26)12-10-17)16-33-25(29)28-20-7-5-4-6-8-20/h9-16,20H,4-8H2,1-3H3. The molecule has 0 aliphatic heterocycles. The fourth-order valence-corrected chi connectivity index (χ4v) is 4.87. The SMILES string of the molecule is COc1cc(OC)c(OC)cc1C=Nn1c(-c2ccc(F)cc2)csc1=NC1CCCCC1. The van der Waals surface area contributed by atoms with Crippen LogP contribution in [0.2, 0.25) is 0 Å². The Labute approximate surface area is 197 Å². The quantitative estimate of drug-likeness (QED) is 0.430. The second-order valence-corrected chi connectivity index (χ2v) is 8.67. The molecule has 1 aliphatic carbocycles. The minimum Gasteiger partial charge on any atom is -0.496 e. The highest BCUT2D eigenvalue weighted by molar-refractivity contribution is 7.07. The molecule has 3 aromatic rings. The number of hydrogen-bond acceptors (Lipinski definition) is 6. The number of hydrogen-bond donors (Lipinski definition) is 0. The molecule has 0 amide bonds. The molecule has 0 unspecified atom stereocenters. The van der Waals surface area contributed by atoms with E-state index in [0.717, 1.165) is 34.5 Å². The van der Waals surface area contributed by atoms with Crippen molar-refractivity contribution in [3.05, 3.63) is 58.0 Å². The Morgan fingerprint density at radius 2 is 1.61 bits per heavy atom. The van der Waals surface area contributed by atoms with Gasteiger partial charge in [0.05, 0.1) is 39.3 Å². The summed E-state index contributed by atoms with van der Waals surface area (Å²) in [5.41, 5.74) is 2.46. The van der Waals surface area contributed by atoms with Crippen LogP contribution in [0.25, 0.3) is 11.3 Å². The Morgan fingerprint density at radius 1 is 0.939 bits per heavy atom. The fraction of sp³-hybridized carbons (Fsp3) is 0.360. The zero-order chi connectivity index (χ0) is 23.2. The molecule has 0 saturated heterocycles. The lowest BCUT2D eigenvalue weighted by Gasteiger charge is -2.16. The van der Waals surface area contributed by atoms with E-state index in [4.69, 9.17) is 24.3 Å². The van der Waals surface area contributed by atoms with Crippen molar-refractivity contribution >= 4 is 17.6 Å². The molecule has 1 aromatic heterocycles. The molecule has 1 fully saturated rings. The van der Waals surface area contributed by atoms with Crippen LogP contribution < -0.4 is 19.0 Å². The van der Waals surface area contributed by atoms with Crippen LogP contribution in [0.3, 0.4) is 0 Å². The van der Waals surface area contributed by atoms with Crippen LogP contribution in [0, 0.1) is 5.82 Å². The number of rotatable bonds is 7. The van der Waals surface area contributed by atoms with Gasteiger partial charge in [-0.15, -0.1) is 11.3 Å². The lowest BCUT2D eigenvalue weighted by Crippen LogP contribution is -2.19. The molecule has 6 nitrogen and oxygen atoms in total. The van der Waals surface area contributed by atoms with Gasteiger partial charge in [-0.25, -0.2) is 9.07 Å². The minimum atomic E-state index is -0.272. The molecule has 174 valence electrons. The summed E-state index contributed by atoms with van der Waals surface area (Å²) in [4.78, 5) is 5.83. The third kappa shape index (κ3) is 5.27. The van der Waals surface area contributed by atoms with Crippen LogP contribution in [0.1, 0.15) is 37.7 Å². The van der Waals surface area contributed by atoms with Gasteiger partial charge in [-0.2, -0.15) is 5.10 Å². The van der Waals surface area contributed by atoms with Crippen molar-refractivity contribution in [3.63, 3.8) is 0 Å². The third-order valence-electron chi connectivity index (χ3n) is 5.74. The molecule has 2 aromatic carbocycles. The minimum absolute atomic E-state index is 0.272. The molecule has 0 bridgehead atoms. The first-order valence-corrected chi connectivity index (χ1v) is 11.9. The van der Waals surface area contributed by atoms with Gasteiger partial charge in [-0.05, 0) is 43.2 Å². The topological polar surface area (TPSA) is 57.3 Å². The van der Waals surface area contributed by atoms with Crippen molar-refractivity contribution in [3.8, 4) is 28.5 Å². The van der Waals surface area contributed by atoms with E-state index >= 15 is 0 Å². The lowest BCUT2D eigenvalue weighted by atomic mass is 9.96. The fourth-order valence-electron chi connectivity index (χ4n) is 3.96. The monoisotopic (exact) mass is 469 g/mol. The van der Waals surface area contributed by atoms with Crippen LogP contribution >= 0.6 is 11.3 Å². The molecular weight excluding hydrogens is 441 g/mol. The summed E-state index contributed by atoms with van der Waals surface area (Å²) in [5, 5.41) is 6.79. The summed E-state index contributed by atoms with van der Waals surface area (Å²) in [6.45, 7) is 0. The smallest absolute Gasteiger partial charge is 0.206 e. The molecule has 4 rings (SSSR count). The molecule has 1 saturated carbocycles. The van der Waals surface area contributed by atoms with E-state index < -0.39 is 0 Å². The summed E-state index contributed by atoms with van der Waals surface area (Å²) >= 11 is 1.54. The first kappa shape index (κ1) is 23.0. The molecule has 33 heavy (non-hydrogen) atoms.